The highest BCUT2D eigenvalue weighted by Crippen LogP contribution is 2.35. The van der Waals surface area contributed by atoms with Gasteiger partial charge in [-0.05, 0) is 32.3 Å². The van der Waals surface area contributed by atoms with Crippen LogP contribution in [0.15, 0.2) is 30.3 Å². The molecule has 2 heterocycles. The molecule has 28 heavy (non-hydrogen) atoms. The number of hydrogen-bond donors (Lipinski definition) is 1. The molecular formula is C20H30N2O5S. The maximum absolute atomic E-state index is 13.1. The Morgan fingerprint density at radius 3 is 2.36 bits per heavy atom. The number of sulfonamides is 1. The second-order valence-corrected chi connectivity index (χ2v) is 9.80. The fourth-order valence-electron chi connectivity index (χ4n) is 4.07. The van der Waals surface area contributed by atoms with Gasteiger partial charge in [-0.15, -0.1) is 0 Å². The third-order valence-corrected chi connectivity index (χ3v) is 7.34. The first-order chi connectivity index (χ1) is 13.3. The molecule has 0 aromatic heterocycles. The molecule has 0 radical (unpaired) electrons. The van der Waals surface area contributed by atoms with Gasteiger partial charge in [0, 0.05) is 32.8 Å². The fourth-order valence-corrected chi connectivity index (χ4v) is 5.57. The average molecular weight is 411 g/mol. The van der Waals surface area contributed by atoms with E-state index in [4.69, 9.17) is 9.47 Å². The van der Waals surface area contributed by atoms with Crippen LogP contribution in [0.25, 0.3) is 0 Å². The number of carbonyl (C=O) groups is 1. The summed E-state index contributed by atoms with van der Waals surface area (Å²) in [6, 6.07) is 9.68. The minimum absolute atomic E-state index is 0.0940. The van der Waals surface area contributed by atoms with Gasteiger partial charge in [-0.25, -0.2) is 8.42 Å². The molecule has 0 spiro atoms. The fraction of sp³-hybridized carbons (Fsp3) is 0.650. The molecule has 3 rings (SSSR count). The van der Waals surface area contributed by atoms with Crippen molar-refractivity contribution in [3.05, 3.63) is 35.9 Å². The van der Waals surface area contributed by atoms with E-state index in [-0.39, 0.29) is 30.4 Å². The highest BCUT2D eigenvalue weighted by Gasteiger charge is 2.41. The molecule has 1 amide bonds. The number of benzene rings is 1. The van der Waals surface area contributed by atoms with Gasteiger partial charge in [-0.3, -0.25) is 4.79 Å². The van der Waals surface area contributed by atoms with Crippen molar-refractivity contribution in [3.8, 4) is 0 Å². The van der Waals surface area contributed by atoms with Crippen LogP contribution >= 0.6 is 0 Å². The summed E-state index contributed by atoms with van der Waals surface area (Å²) in [5.41, 5.74) is 0.292. The molecule has 0 saturated carbocycles. The summed E-state index contributed by atoms with van der Waals surface area (Å²) in [6.07, 6.45) is 0.927. The Kier molecular flexibility index (Phi) is 6.75. The molecule has 0 aliphatic carbocycles. The van der Waals surface area contributed by atoms with Gasteiger partial charge < -0.3 is 14.8 Å². The summed E-state index contributed by atoms with van der Waals surface area (Å²) in [7, 11) is -3.45. The number of carbonyl (C=O) groups excluding carboxylic acids is 1. The van der Waals surface area contributed by atoms with Crippen LogP contribution in [0.5, 0.6) is 0 Å². The van der Waals surface area contributed by atoms with E-state index in [9.17, 15) is 13.2 Å². The predicted molar refractivity (Wildman–Crippen MR) is 107 cm³/mol. The molecule has 0 unspecified atom stereocenters. The number of nitrogens with zero attached hydrogens (tertiary/aromatic N) is 1. The molecule has 2 atom stereocenters. The Bertz CT molecular complexity index is 752. The van der Waals surface area contributed by atoms with Crippen molar-refractivity contribution in [1.82, 2.24) is 9.62 Å². The van der Waals surface area contributed by atoms with Gasteiger partial charge in [-0.2, -0.15) is 4.31 Å². The lowest BCUT2D eigenvalue weighted by molar-refractivity contribution is -0.130. The van der Waals surface area contributed by atoms with Gasteiger partial charge in [0.15, 0.2) is 0 Å². The normalized spacial score (nSPS) is 25.9. The van der Waals surface area contributed by atoms with E-state index in [0.717, 1.165) is 5.56 Å². The van der Waals surface area contributed by atoms with E-state index in [2.05, 4.69) is 5.32 Å². The topological polar surface area (TPSA) is 84.9 Å². The van der Waals surface area contributed by atoms with Gasteiger partial charge >= 0.3 is 0 Å². The van der Waals surface area contributed by atoms with Gasteiger partial charge in [0.25, 0.3) is 0 Å². The molecule has 2 saturated heterocycles. The lowest BCUT2D eigenvalue weighted by Gasteiger charge is -2.36. The van der Waals surface area contributed by atoms with Crippen molar-refractivity contribution in [1.29, 1.82) is 0 Å². The van der Waals surface area contributed by atoms with Crippen molar-refractivity contribution >= 4 is 15.9 Å². The van der Waals surface area contributed by atoms with Crippen LogP contribution in [0.2, 0.25) is 0 Å². The maximum Gasteiger partial charge on any atom is 0.230 e. The average Bonchev–Trinajstić information content (AvgIpc) is 2.68. The lowest BCUT2D eigenvalue weighted by Crippen LogP contribution is -2.51. The molecule has 2 aliphatic heterocycles. The Hall–Kier alpha value is -1.48. The number of morpholine rings is 1. The Labute approximate surface area is 167 Å². The predicted octanol–water partition coefficient (Wildman–Crippen LogP) is 1.29. The third-order valence-electron chi connectivity index (χ3n) is 5.53. The molecular weight excluding hydrogens is 380 g/mol. The Morgan fingerprint density at radius 2 is 1.75 bits per heavy atom. The second kappa shape index (κ2) is 8.90. The van der Waals surface area contributed by atoms with Crippen LogP contribution in [-0.2, 0) is 29.7 Å². The van der Waals surface area contributed by atoms with Crippen LogP contribution in [0, 0.1) is 0 Å². The lowest BCUT2D eigenvalue weighted by atomic mass is 9.73. The van der Waals surface area contributed by atoms with Crippen LogP contribution in [-0.4, -0.2) is 69.4 Å². The van der Waals surface area contributed by atoms with Crippen LogP contribution in [0.3, 0.4) is 0 Å². The Morgan fingerprint density at radius 1 is 1.14 bits per heavy atom. The third kappa shape index (κ3) is 4.74. The summed E-state index contributed by atoms with van der Waals surface area (Å²) >= 11 is 0. The molecule has 1 aromatic rings. The van der Waals surface area contributed by atoms with Crippen molar-refractivity contribution < 1.29 is 22.7 Å². The van der Waals surface area contributed by atoms with E-state index < -0.39 is 15.4 Å². The van der Waals surface area contributed by atoms with E-state index in [0.29, 0.717) is 39.1 Å². The minimum atomic E-state index is -3.45. The second-order valence-electron chi connectivity index (χ2n) is 7.71. The smallest absolute Gasteiger partial charge is 0.230 e. The van der Waals surface area contributed by atoms with Gasteiger partial charge in [0.05, 0.1) is 23.4 Å². The van der Waals surface area contributed by atoms with Crippen LogP contribution in [0.1, 0.15) is 32.3 Å². The largest absolute Gasteiger partial charge is 0.381 e. The van der Waals surface area contributed by atoms with Crippen molar-refractivity contribution in [2.45, 2.75) is 44.3 Å². The summed E-state index contributed by atoms with van der Waals surface area (Å²) in [5.74, 6) is -0.236. The number of amides is 1. The van der Waals surface area contributed by atoms with E-state index in [1.165, 1.54) is 4.31 Å². The van der Waals surface area contributed by atoms with Gasteiger partial charge in [0.1, 0.15) is 0 Å². The first-order valence-electron chi connectivity index (χ1n) is 9.88. The van der Waals surface area contributed by atoms with Crippen molar-refractivity contribution in [3.63, 3.8) is 0 Å². The monoisotopic (exact) mass is 410 g/mol. The first kappa shape index (κ1) is 21.2. The molecule has 2 aliphatic rings. The minimum Gasteiger partial charge on any atom is -0.381 e. The van der Waals surface area contributed by atoms with Gasteiger partial charge in [0.2, 0.25) is 15.9 Å². The van der Waals surface area contributed by atoms with Crippen molar-refractivity contribution in [2.75, 3.05) is 38.6 Å². The first-order valence-corrected chi connectivity index (χ1v) is 11.5. The number of nitrogens with one attached hydrogen (secondary N) is 1. The summed E-state index contributed by atoms with van der Waals surface area (Å²) < 4.78 is 37.9. The zero-order chi connectivity index (χ0) is 20.2. The van der Waals surface area contributed by atoms with E-state index in [1.807, 2.05) is 44.2 Å². The highest BCUT2D eigenvalue weighted by molar-refractivity contribution is 7.89. The SMILES string of the molecule is C[C@@H]1CN(S(=O)(=O)CCNC(=O)C2(c3ccccc3)CCOCC2)C[C@@H](C)O1. The van der Waals surface area contributed by atoms with E-state index in [1.54, 1.807) is 0 Å². The van der Waals surface area contributed by atoms with Crippen molar-refractivity contribution in [2.24, 2.45) is 0 Å². The summed E-state index contributed by atoms with van der Waals surface area (Å²) in [4.78, 5) is 13.1. The molecule has 8 heteroatoms. The molecule has 0 bridgehead atoms. The quantitative estimate of drug-likeness (QED) is 0.764. The summed E-state index contributed by atoms with van der Waals surface area (Å²) in [5, 5.41) is 2.88. The Balaban J connectivity index is 1.63. The maximum atomic E-state index is 13.1. The highest BCUT2D eigenvalue weighted by atomic mass is 32.2. The standard InChI is InChI=1S/C20H30N2O5S/c1-16-14-22(15-17(2)27-16)28(24,25)13-10-21-19(23)20(8-11-26-12-9-20)18-6-4-3-5-7-18/h3-7,16-17H,8-15H2,1-2H3,(H,21,23)/t16-,17-/m1/s1. The number of hydrogen-bond acceptors (Lipinski definition) is 5. The zero-order valence-electron chi connectivity index (χ0n) is 16.6. The number of rotatable bonds is 6. The summed E-state index contributed by atoms with van der Waals surface area (Å²) in [6.45, 7) is 5.58. The molecule has 156 valence electrons. The van der Waals surface area contributed by atoms with Crippen LogP contribution < -0.4 is 5.32 Å². The zero-order valence-corrected chi connectivity index (χ0v) is 17.4. The van der Waals surface area contributed by atoms with Crippen LogP contribution in [0.4, 0.5) is 0 Å². The number of ether oxygens (including phenoxy) is 2. The molecule has 1 N–H and O–H groups in total. The van der Waals surface area contributed by atoms with E-state index >= 15 is 0 Å². The van der Waals surface area contributed by atoms with Gasteiger partial charge in [-0.1, -0.05) is 30.3 Å². The molecule has 7 nitrogen and oxygen atoms in total. The molecule has 1 aromatic carbocycles. The molecule has 2 fully saturated rings.